The molecule has 0 N–H and O–H groups in total. The molecule has 0 saturated heterocycles. The van der Waals surface area contributed by atoms with Gasteiger partial charge < -0.3 is 0 Å². The van der Waals surface area contributed by atoms with E-state index in [2.05, 4.69) is 6.58 Å². The fourth-order valence-electron chi connectivity index (χ4n) is 0.709. The standard InChI is InChI=1S/C8H10N2O2/c1-3-8(6-9)7(2)4-5-10(11)12/h3H,1,4-5H2,2H3/b8-7-. The van der Waals surface area contributed by atoms with E-state index < -0.39 is 4.92 Å². The predicted molar refractivity (Wildman–Crippen MR) is 45.0 cm³/mol. The number of rotatable bonds is 4. The molecule has 4 heteroatoms. The van der Waals surface area contributed by atoms with Crippen LogP contribution in [-0.2, 0) is 0 Å². The zero-order valence-electron chi connectivity index (χ0n) is 6.91. The van der Waals surface area contributed by atoms with Crippen molar-refractivity contribution in [2.45, 2.75) is 13.3 Å². The first-order chi connectivity index (χ1) is 5.61. The highest BCUT2D eigenvalue weighted by atomic mass is 16.6. The molecule has 0 aromatic carbocycles. The molecule has 0 atom stereocenters. The zero-order valence-corrected chi connectivity index (χ0v) is 6.91. The third kappa shape index (κ3) is 3.52. The number of nitro groups is 1. The summed E-state index contributed by atoms with van der Waals surface area (Å²) in [6.45, 7) is 4.99. The lowest BCUT2D eigenvalue weighted by atomic mass is 10.1. The zero-order chi connectivity index (χ0) is 9.56. The Balaban J connectivity index is 4.27. The maximum absolute atomic E-state index is 9.98. The molecule has 0 fully saturated rings. The Bertz CT molecular complexity index is 261. The highest BCUT2D eigenvalue weighted by Gasteiger charge is 2.02. The van der Waals surface area contributed by atoms with Crippen LogP contribution in [0.3, 0.4) is 0 Å². The van der Waals surface area contributed by atoms with Gasteiger partial charge in [0.25, 0.3) is 0 Å². The number of hydrogen-bond donors (Lipinski definition) is 0. The molecule has 0 aromatic heterocycles. The number of allylic oxidation sites excluding steroid dienone is 2. The average molecular weight is 166 g/mol. The van der Waals surface area contributed by atoms with Gasteiger partial charge in [0, 0.05) is 11.3 Å². The van der Waals surface area contributed by atoms with Gasteiger partial charge in [-0.15, -0.1) is 0 Å². The Labute approximate surface area is 71.0 Å². The summed E-state index contributed by atoms with van der Waals surface area (Å²) in [6, 6.07) is 1.91. The van der Waals surface area contributed by atoms with E-state index in [1.165, 1.54) is 6.08 Å². The minimum absolute atomic E-state index is 0.134. The van der Waals surface area contributed by atoms with E-state index in [9.17, 15) is 10.1 Å². The van der Waals surface area contributed by atoms with Gasteiger partial charge in [0.05, 0.1) is 11.6 Å². The van der Waals surface area contributed by atoms with Crippen molar-refractivity contribution >= 4 is 0 Å². The summed E-state index contributed by atoms with van der Waals surface area (Å²) >= 11 is 0. The van der Waals surface area contributed by atoms with Crippen molar-refractivity contribution in [1.29, 1.82) is 5.26 Å². The quantitative estimate of drug-likeness (QED) is 0.276. The summed E-state index contributed by atoms with van der Waals surface area (Å²) in [6.07, 6.45) is 1.72. The third-order valence-corrected chi connectivity index (χ3v) is 1.45. The molecule has 0 aliphatic heterocycles. The van der Waals surface area contributed by atoms with Crippen molar-refractivity contribution in [3.8, 4) is 6.07 Å². The number of nitriles is 1. The van der Waals surface area contributed by atoms with E-state index in [0.29, 0.717) is 17.6 Å². The molecular formula is C8H10N2O2. The van der Waals surface area contributed by atoms with Gasteiger partial charge in [-0.25, -0.2) is 0 Å². The highest BCUT2D eigenvalue weighted by Crippen LogP contribution is 2.07. The van der Waals surface area contributed by atoms with Crippen LogP contribution in [0.15, 0.2) is 23.8 Å². The summed E-state index contributed by atoms with van der Waals surface area (Å²) in [5.74, 6) is 0. The van der Waals surface area contributed by atoms with Gasteiger partial charge in [0.15, 0.2) is 0 Å². The Morgan fingerprint density at radius 2 is 2.42 bits per heavy atom. The average Bonchev–Trinajstić information content (AvgIpc) is 2.03. The smallest absolute Gasteiger partial charge is 0.207 e. The number of hydrogen-bond acceptors (Lipinski definition) is 3. The van der Waals surface area contributed by atoms with Crippen LogP contribution in [0.5, 0.6) is 0 Å². The monoisotopic (exact) mass is 166 g/mol. The Kier molecular flexibility index (Phi) is 4.39. The second-order valence-corrected chi connectivity index (χ2v) is 2.32. The molecule has 0 heterocycles. The van der Waals surface area contributed by atoms with Crippen LogP contribution < -0.4 is 0 Å². The van der Waals surface area contributed by atoms with E-state index in [1.807, 2.05) is 6.07 Å². The second-order valence-electron chi connectivity index (χ2n) is 2.32. The SMILES string of the molecule is C=C/C(C#N)=C(\C)CC[N+](=O)[O-]. The lowest BCUT2D eigenvalue weighted by Crippen LogP contribution is -2.01. The van der Waals surface area contributed by atoms with Gasteiger partial charge in [-0.3, -0.25) is 10.1 Å². The van der Waals surface area contributed by atoms with Gasteiger partial charge in [-0.05, 0) is 12.5 Å². The van der Waals surface area contributed by atoms with Crippen molar-refractivity contribution in [2.24, 2.45) is 0 Å². The lowest BCUT2D eigenvalue weighted by molar-refractivity contribution is -0.479. The molecule has 0 radical (unpaired) electrons. The van der Waals surface area contributed by atoms with E-state index in [-0.39, 0.29) is 6.54 Å². The summed E-state index contributed by atoms with van der Waals surface area (Å²) in [5, 5.41) is 18.5. The van der Waals surface area contributed by atoms with Gasteiger partial charge in [0.1, 0.15) is 0 Å². The van der Waals surface area contributed by atoms with Gasteiger partial charge >= 0.3 is 0 Å². The molecule has 0 aliphatic carbocycles. The Morgan fingerprint density at radius 3 is 2.75 bits per heavy atom. The van der Waals surface area contributed by atoms with Crippen LogP contribution in [0.25, 0.3) is 0 Å². The van der Waals surface area contributed by atoms with Crippen molar-refractivity contribution in [3.05, 3.63) is 33.9 Å². The van der Waals surface area contributed by atoms with Gasteiger partial charge in [-0.1, -0.05) is 12.7 Å². The van der Waals surface area contributed by atoms with Crippen LogP contribution in [0, 0.1) is 21.4 Å². The molecule has 64 valence electrons. The third-order valence-electron chi connectivity index (χ3n) is 1.45. The van der Waals surface area contributed by atoms with E-state index in [4.69, 9.17) is 5.26 Å². The lowest BCUT2D eigenvalue weighted by Gasteiger charge is -1.96. The molecule has 0 aromatic rings. The molecule has 0 amide bonds. The van der Waals surface area contributed by atoms with Crippen LogP contribution in [0.1, 0.15) is 13.3 Å². The molecule has 0 saturated carbocycles. The predicted octanol–water partition coefficient (Wildman–Crippen LogP) is 1.68. The van der Waals surface area contributed by atoms with Gasteiger partial charge in [-0.2, -0.15) is 5.26 Å². The Hall–Kier alpha value is -1.63. The first-order valence-electron chi connectivity index (χ1n) is 3.46. The molecule has 0 rings (SSSR count). The van der Waals surface area contributed by atoms with Crippen molar-refractivity contribution < 1.29 is 4.92 Å². The van der Waals surface area contributed by atoms with Crippen molar-refractivity contribution in [3.63, 3.8) is 0 Å². The molecule has 0 unspecified atom stereocenters. The van der Waals surface area contributed by atoms with Crippen LogP contribution in [0.2, 0.25) is 0 Å². The highest BCUT2D eigenvalue weighted by molar-refractivity contribution is 5.35. The minimum atomic E-state index is -0.401. The number of nitrogens with zero attached hydrogens (tertiary/aromatic N) is 2. The molecule has 12 heavy (non-hydrogen) atoms. The summed E-state index contributed by atoms with van der Waals surface area (Å²) in [5.41, 5.74) is 1.14. The maximum Gasteiger partial charge on any atom is 0.207 e. The molecule has 4 nitrogen and oxygen atoms in total. The van der Waals surface area contributed by atoms with E-state index in [0.717, 1.165) is 0 Å². The van der Waals surface area contributed by atoms with Crippen molar-refractivity contribution in [2.75, 3.05) is 6.54 Å². The summed E-state index contributed by atoms with van der Waals surface area (Å²) in [4.78, 5) is 9.58. The van der Waals surface area contributed by atoms with Crippen LogP contribution in [-0.4, -0.2) is 11.5 Å². The second kappa shape index (κ2) is 5.08. The normalized spacial score (nSPS) is 11.3. The van der Waals surface area contributed by atoms with Crippen molar-refractivity contribution in [1.82, 2.24) is 0 Å². The maximum atomic E-state index is 9.98. The fourth-order valence-corrected chi connectivity index (χ4v) is 0.709. The van der Waals surface area contributed by atoms with Crippen LogP contribution in [0.4, 0.5) is 0 Å². The topological polar surface area (TPSA) is 66.9 Å². The van der Waals surface area contributed by atoms with E-state index >= 15 is 0 Å². The summed E-state index contributed by atoms with van der Waals surface area (Å²) in [7, 11) is 0. The summed E-state index contributed by atoms with van der Waals surface area (Å²) < 4.78 is 0. The first kappa shape index (κ1) is 10.4. The van der Waals surface area contributed by atoms with Crippen LogP contribution >= 0.6 is 0 Å². The van der Waals surface area contributed by atoms with E-state index in [1.54, 1.807) is 6.92 Å². The minimum Gasteiger partial charge on any atom is -0.265 e. The fraction of sp³-hybridized carbons (Fsp3) is 0.375. The molecule has 0 bridgehead atoms. The molecular weight excluding hydrogens is 156 g/mol. The Morgan fingerprint density at radius 1 is 1.83 bits per heavy atom. The van der Waals surface area contributed by atoms with Gasteiger partial charge in [0.2, 0.25) is 6.54 Å². The largest absolute Gasteiger partial charge is 0.265 e. The molecule has 0 aliphatic rings. The first-order valence-corrected chi connectivity index (χ1v) is 3.46. The molecule has 0 spiro atoms.